The van der Waals surface area contributed by atoms with Crippen LogP contribution in [-0.2, 0) is 4.74 Å². The lowest BCUT2D eigenvalue weighted by Gasteiger charge is -2.06. The Morgan fingerprint density at radius 1 is 0.778 bits per heavy atom. The Balaban J connectivity index is 1.38. The lowest BCUT2D eigenvalue weighted by Crippen LogP contribution is -2.14. The van der Waals surface area contributed by atoms with Gasteiger partial charge in [0.15, 0.2) is 23.9 Å². The van der Waals surface area contributed by atoms with Gasteiger partial charge in [-0.3, -0.25) is 4.79 Å². The Hall–Kier alpha value is -3.60. The summed E-state index contributed by atoms with van der Waals surface area (Å²) >= 11 is 0. The number of hydrogen-bond acceptors (Lipinski definition) is 5. The Kier molecular flexibility index (Phi) is 4.58. The van der Waals surface area contributed by atoms with Crippen LogP contribution >= 0.6 is 0 Å². The summed E-state index contributed by atoms with van der Waals surface area (Å²) in [6, 6.07) is 21.8. The standard InChI is InChI=1S/C22H16O5/c23-19(18-10-11-20-21(12-18)27-14-26-20)13-25-22(24)17-8-6-16(7-9-17)15-4-2-1-3-5-15/h1-12H,13-14H2. The zero-order chi connectivity index (χ0) is 18.6. The highest BCUT2D eigenvalue weighted by molar-refractivity contribution is 6.00. The van der Waals surface area contributed by atoms with Crippen molar-refractivity contribution in [3.63, 3.8) is 0 Å². The van der Waals surface area contributed by atoms with Crippen LogP contribution in [0.5, 0.6) is 11.5 Å². The molecule has 27 heavy (non-hydrogen) atoms. The summed E-state index contributed by atoms with van der Waals surface area (Å²) < 4.78 is 15.6. The second-order valence-corrected chi connectivity index (χ2v) is 6.01. The van der Waals surface area contributed by atoms with E-state index in [-0.39, 0.29) is 19.2 Å². The number of Topliss-reactive ketones (excluding diaryl/α,β-unsaturated/α-hetero) is 1. The molecule has 0 unspecified atom stereocenters. The molecule has 3 aromatic rings. The molecule has 0 N–H and O–H groups in total. The molecule has 0 amide bonds. The third kappa shape index (κ3) is 3.67. The molecule has 1 heterocycles. The van der Waals surface area contributed by atoms with Crippen molar-refractivity contribution in [2.75, 3.05) is 13.4 Å². The quantitative estimate of drug-likeness (QED) is 0.506. The molecular weight excluding hydrogens is 344 g/mol. The van der Waals surface area contributed by atoms with Gasteiger partial charge < -0.3 is 14.2 Å². The minimum atomic E-state index is -0.538. The average molecular weight is 360 g/mol. The molecule has 134 valence electrons. The van der Waals surface area contributed by atoms with Crippen molar-refractivity contribution in [1.82, 2.24) is 0 Å². The van der Waals surface area contributed by atoms with Crippen molar-refractivity contribution in [2.45, 2.75) is 0 Å². The van der Waals surface area contributed by atoms with Crippen LogP contribution in [0.25, 0.3) is 11.1 Å². The van der Waals surface area contributed by atoms with Crippen LogP contribution < -0.4 is 9.47 Å². The molecule has 5 heteroatoms. The van der Waals surface area contributed by atoms with Crippen LogP contribution in [0.3, 0.4) is 0 Å². The van der Waals surface area contributed by atoms with Crippen molar-refractivity contribution < 1.29 is 23.8 Å². The van der Waals surface area contributed by atoms with E-state index in [0.717, 1.165) is 11.1 Å². The predicted octanol–water partition coefficient (Wildman–Crippen LogP) is 4.12. The van der Waals surface area contributed by atoms with Crippen molar-refractivity contribution in [1.29, 1.82) is 0 Å². The van der Waals surface area contributed by atoms with Gasteiger partial charge in [0.25, 0.3) is 0 Å². The molecule has 0 radical (unpaired) electrons. The van der Waals surface area contributed by atoms with E-state index in [2.05, 4.69) is 0 Å². The highest BCUT2D eigenvalue weighted by Gasteiger charge is 2.17. The molecular formula is C22H16O5. The highest BCUT2D eigenvalue weighted by atomic mass is 16.7. The second-order valence-electron chi connectivity index (χ2n) is 6.01. The van der Waals surface area contributed by atoms with Crippen LogP contribution in [-0.4, -0.2) is 25.2 Å². The van der Waals surface area contributed by atoms with Crippen LogP contribution in [0.2, 0.25) is 0 Å². The van der Waals surface area contributed by atoms with E-state index < -0.39 is 5.97 Å². The third-order valence-electron chi connectivity index (χ3n) is 4.26. The minimum absolute atomic E-state index is 0.140. The number of carbonyl (C=O) groups excluding carboxylic acids is 2. The lowest BCUT2D eigenvalue weighted by atomic mass is 10.0. The molecule has 0 saturated heterocycles. The van der Waals surface area contributed by atoms with Crippen molar-refractivity contribution in [3.05, 3.63) is 83.9 Å². The maximum atomic E-state index is 12.2. The zero-order valence-electron chi connectivity index (χ0n) is 14.4. The first-order valence-corrected chi connectivity index (χ1v) is 8.46. The van der Waals surface area contributed by atoms with Crippen molar-refractivity contribution in [2.24, 2.45) is 0 Å². The molecule has 0 aliphatic carbocycles. The van der Waals surface area contributed by atoms with Crippen LogP contribution in [0.1, 0.15) is 20.7 Å². The largest absolute Gasteiger partial charge is 0.454 e. The Morgan fingerprint density at radius 3 is 2.22 bits per heavy atom. The Bertz CT molecular complexity index is 977. The molecule has 3 aromatic carbocycles. The number of rotatable bonds is 5. The molecule has 1 aliphatic heterocycles. The summed E-state index contributed by atoms with van der Waals surface area (Å²) in [5.74, 6) is 0.275. The topological polar surface area (TPSA) is 61.8 Å². The lowest BCUT2D eigenvalue weighted by molar-refractivity contribution is 0.0475. The Morgan fingerprint density at radius 2 is 1.44 bits per heavy atom. The number of carbonyl (C=O) groups is 2. The normalized spacial score (nSPS) is 11.9. The fraction of sp³-hybridized carbons (Fsp3) is 0.0909. The van der Waals surface area contributed by atoms with Gasteiger partial charge in [0, 0.05) is 5.56 Å². The van der Waals surface area contributed by atoms with E-state index in [9.17, 15) is 9.59 Å². The summed E-state index contributed by atoms with van der Waals surface area (Å²) in [6.07, 6.45) is 0. The first kappa shape index (κ1) is 16.8. The number of esters is 1. The molecule has 0 atom stereocenters. The first-order valence-electron chi connectivity index (χ1n) is 8.46. The molecule has 0 fully saturated rings. The summed E-state index contributed by atoms with van der Waals surface area (Å²) in [6.45, 7) is -0.195. The molecule has 0 spiro atoms. The average Bonchev–Trinajstić information content (AvgIpc) is 3.20. The van der Waals surface area contributed by atoms with E-state index >= 15 is 0 Å². The summed E-state index contributed by atoms with van der Waals surface area (Å²) in [7, 11) is 0. The molecule has 4 rings (SSSR count). The van der Waals surface area contributed by atoms with E-state index in [1.807, 2.05) is 42.5 Å². The van der Waals surface area contributed by atoms with Gasteiger partial charge in [-0.15, -0.1) is 0 Å². The van der Waals surface area contributed by atoms with Gasteiger partial charge in [-0.05, 0) is 41.5 Å². The van der Waals surface area contributed by atoms with E-state index in [4.69, 9.17) is 14.2 Å². The van der Waals surface area contributed by atoms with E-state index in [1.54, 1.807) is 30.3 Å². The van der Waals surface area contributed by atoms with E-state index in [0.29, 0.717) is 22.6 Å². The van der Waals surface area contributed by atoms with Gasteiger partial charge in [0.2, 0.25) is 6.79 Å². The van der Waals surface area contributed by atoms with Gasteiger partial charge >= 0.3 is 5.97 Å². The van der Waals surface area contributed by atoms with Gasteiger partial charge in [-0.2, -0.15) is 0 Å². The van der Waals surface area contributed by atoms with Gasteiger partial charge in [0.05, 0.1) is 5.56 Å². The second kappa shape index (κ2) is 7.33. The summed E-state index contributed by atoms with van der Waals surface area (Å²) in [4.78, 5) is 24.4. The number of fused-ring (bicyclic) bond motifs is 1. The van der Waals surface area contributed by atoms with E-state index in [1.165, 1.54) is 0 Å². The first-order chi connectivity index (χ1) is 13.2. The van der Waals surface area contributed by atoms with Gasteiger partial charge in [-0.25, -0.2) is 4.79 Å². The van der Waals surface area contributed by atoms with Crippen molar-refractivity contribution in [3.8, 4) is 22.6 Å². The predicted molar refractivity (Wildman–Crippen MR) is 99.1 cm³/mol. The molecule has 1 aliphatic rings. The van der Waals surface area contributed by atoms with Gasteiger partial charge in [0.1, 0.15) is 0 Å². The number of benzene rings is 3. The summed E-state index contributed by atoms with van der Waals surface area (Å²) in [5.41, 5.74) is 2.87. The minimum Gasteiger partial charge on any atom is -0.454 e. The fourth-order valence-corrected chi connectivity index (χ4v) is 2.80. The molecule has 0 aromatic heterocycles. The monoisotopic (exact) mass is 360 g/mol. The maximum absolute atomic E-state index is 12.2. The number of hydrogen-bond donors (Lipinski definition) is 0. The maximum Gasteiger partial charge on any atom is 0.338 e. The van der Waals surface area contributed by atoms with Crippen molar-refractivity contribution >= 4 is 11.8 Å². The Labute approximate surface area is 156 Å². The number of ether oxygens (including phenoxy) is 3. The van der Waals surface area contributed by atoms with Crippen LogP contribution in [0.15, 0.2) is 72.8 Å². The highest BCUT2D eigenvalue weighted by Crippen LogP contribution is 2.32. The van der Waals surface area contributed by atoms with Crippen LogP contribution in [0, 0.1) is 0 Å². The summed E-state index contributed by atoms with van der Waals surface area (Å²) in [5, 5.41) is 0. The number of ketones is 1. The third-order valence-corrected chi connectivity index (χ3v) is 4.26. The SMILES string of the molecule is O=C(COC(=O)c1ccc(-c2ccccc2)cc1)c1ccc2c(c1)OCO2. The zero-order valence-corrected chi connectivity index (χ0v) is 14.4. The smallest absolute Gasteiger partial charge is 0.338 e. The van der Waals surface area contributed by atoms with Crippen LogP contribution in [0.4, 0.5) is 0 Å². The molecule has 0 saturated carbocycles. The molecule has 0 bridgehead atoms. The van der Waals surface area contributed by atoms with Gasteiger partial charge in [-0.1, -0.05) is 42.5 Å². The molecule has 5 nitrogen and oxygen atoms in total. The fourth-order valence-electron chi connectivity index (χ4n) is 2.80.